The van der Waals surface area contributed by atoms with Gasteiger partial charge in [0.15, 0.2) is 0 Å². The normalized spacial score (nSPS) is 17.5. The van der Waals surface area contributed by atoms with Gasteiger partial charge in [-0.1, -0.05) is 60.7 Å². The molecule has 0 atom stereocenters. The number of hydrogen-bond donors (Lipinski definition) is 1. The maximum Gasteiger partial charge on any atom is 0.104 e. The average molecular weight is 267 g/mol. The summed E-state index contributed by atoms with van der Waals surface area (Å²) in [5.74, 6) is 0. The van der Waals surface area contributed by atoms with Gasteiger partial charge in [0.25, 0.3) is 0 Å². The third-order valence-corrected chi connectivity index (χ3v) is 4.25. The smallest absolute Gasteiger partial charge is 0.104 e. The van der Waals surface area contributed by atoms with Crippen molar-refractivity contribution in [2.45, 2.75) is 25.0 Å². The Morgan fingerprint density at radius 3 is 1.45 bits per heavy atom. The van der Waals surface area contributed by atoms with Gasteiger partial charge in [0, 0.05) is 6.04 Å². The molecule has 104 valence electrons. The van der Waals surface area contributed by atoms with Gasteiger partial charge in [0.05, 0.1) is 0 Å². The SMILES string of the molecule is C1CN2CCC12.OC(c1ccccc1)c1ccccc1. The van der Waals surface area contributed by atoms with Crippen LogP contribution < -0.4 is 0 Å². The van der Waals surface area contributed by atoms with Crippen molar-refractivity contribution in [3.63, 3.8) is 0 Å². The van der Waals surface area contributed by atoms with Crippen molar-refractivity contribution in [1.82, 2.24) is 4.90 Å². The summed E-state index contributed by atoms with van der Waals surface area (Å²) in [6, 6.07) is 20.4. The largest absolute Gasteiger partial charge is 0.384 e. The van der Waals surface area contributed by atoms with Gasteiger partial charge in [0.1, 0.15) is 6.10 Å². The molecule has 0 unspecified atom stereocenters. The number of benzene rings is 2. The molecule has 2 nitrogen and oxygen atoms in total. The Morgan fingerprint density at radius 1 is 0.800 bits per heavy atom. The lowest BCUT2D eigenvalue weighted by Crippen LogP contribution is -2.57. The summed E-state index contributed by atoms with van der Waals surface area (Å²) in [4.78, 5) is 2.53. The minimum atomic E-state index is -0.516. The van der Waals surface area contributed by atoms with Crippen LogP contribution in [0.4, 0.5) is 0 Å². The molecule has 2 saturated heterocycles. The number of aliphatic hydroxyl groups excluding tert-OH is 1. The molecule has 4 rings (SSSR count). The predicted octanol–water partition coefficient (Wildman–Crippen LogP) is 3.23. The highest BCUT2D eigenvalue weighted by molar-refractivity contribution is 5.29. The van der Waals surface area contributed by atoms with E-state index in [9.17, 15) is 5.11 Å². The van der Waals surface area contributed by atoms with Gasteiger partial charge >= 0.3 is 0 Å². The van der Waals surface area contributed by atoms with Crippen molar-refractivity contribution < 1.29 is 5.11 Å². The highest BCUT2D eigenvalue weighted by atomic mass is 16.3. The van der Waals surface area contributed by atoms with Gasteiger partial charge in [0.2, 0.25) is 0 Å². The van der Waals surface area contributed by atoms with Crippen LogP contribution in [0, 0.1) is 0 Å². The van der Waals surface area contributed by atoms with E-state index in [1.165, 1.54) is 25.9 Å². The van der Waals surface area contributed by atoms with E-state index in [0.717, 1.165) is 17.2 Å². The second-order valence-electron chi connectivity index (χ2n) is 5.49. The summed E-state index contributed by atoms with van der Waals surface area (Å²) in [6.45, 7) is 2.79. The van der Waals surface area contributed by atoms with Crippen LogP contribution in [-0.4, -0.2) is 29.1 Å². The maximum atomic E-state index is 9.99. The first kappa shape index (κ1) is 13.3. The van der Waals surface area contributed by atoms with Crippen molar-refractivity contribution in [2.24, 2.45) is 0 Å². The molecular weight excluding hydrogens is 246 g/mol. The van der Waals surface area contributed by atoms with Crippen LogP contribution in [-0.2, 0) is 0 Å². The Morgan fingerprint density at radius 2 is 1.20 bits per heavy atom. The standard InChI is InChI=1S/C13H12O.C5H9N/c14-13(11-7-3-1-4-8-11)12-9-5-2-6-10-12;1-3-6-4-2-5(1)6/h1-10,13-14H;5H,1-4H2. The fourth-order valence-corrected chi connectivity index (χ4v) is 2.71. The first-order chi connectivity index (χ1) is 9.84. The zero-order chi connectivity index (χ0) is 13.8. The van der Waals surface area contributed by atoms with Crippen LogP contribution in [0.15, 0.2) is 60.7 Å². The van der Waals surface area contributed by atoms with Crippen LogP contribution >= 0.6 is 0 Å². The van der Waals surface area contributed by atoms with Crippen molar-refractivity contribution in [3.05, 3.63) is 71.8 Å². The minimum absolute atomic E-state index is 0.516. The predicted molar refractivity (Wildman–Crippen MR) is 81.5 cm³/mol. The summed E-state index contributed by atoms with van der Waals surface area (Å²) >= 11 is 0. The number of nitrogens with zero attached hydrogens (tertiary/aromatic N) is 1. The minimum Gasteiger partial charge on any atom is -0.384 e. The van der Waals surface area contributed by atoms with E-state index < -0.39 is 6.10 Å². The Hall–Kier alpha value is -1.64. The first-order valence-corrected chi connectivity index (χ1v) is 7.36. The van der Waals surface area contributed by atoms with Crippen molar-refractivity contribution in [2.75, 3.05) is 13.1 Å². The summed E-state index contributed by atoms with van der Waals surface area (Å²) in [5.41, 5.74) is 1.86. The van der Waals surface area contributed by atoms with E-state index in [1.54, 1.807) is 0 Å². The lowest BCUT2D eigenvalue weighted by atomic mass is 9.91. The quantitative estimate of drug-likeness (QED) is 0.903. The molecule has 2 heteroatoms. The maximum absolute atomic E-state index is 9.99. The van der Waals surface area contributed by atoms with E-state index >= 15 is 0 Å². The van der Waals surface area contributed by atoms with E-state index in [2.05, 4.69) is 4.90 Å². The van der Waals surface area contributed by atoms with Crippen molar-refractivity contribution in [1.29, 1.82) is 0 Å². The lowest BCUT2D eigenvalue weighted by molar-refractivity contribution is -0.00222. The lowest BCUT2D eigenvalue weighted by Gasteiger charge is -2.50. The molecule has 2 aliphatic rings. The summed E-state index contributed by atoms with van der Waals surface area (Å²) in [7, 11) is 0. The fourth-order valence-electron chi connectivity index (χ4n) is 2.71. The van der Waals surface area contributed by atoms with Gasteiger partial charge in [-0.05, 0) is 37.1 Å². The highest BCUT2D eigenvalue weighted by Gasteiger charge is 2.34. The molecule has 2 aromatic rings. The summed E-state index contributed by atoms with van der Waals surface area (Å²) < 4.78 is 0. The molecule has 0 saturated carbocycles. The third-order valence-electron chi connectivity index (χ3n) is 4.25. The summed E-state index contributed by atoms with van der Waals surface area (Å²) in [6.07, 6.45) is 2.46. The molecule has 1 N–H and O–H groups in total. The molecule has 0 aromatic heterocycles. The van der Waals surface area contributed by atoms with Crippen LogP contribution in [0.3, 0.4) is 0 Å². The number of piperidine rings is 1. The molecule has 0 amide bonds. The monoisotopic (exact) mass is 267 g/mol. The van der Waals surface area contributed by atoms with E-state index in [0.29, 0.717) is 0 Å². The van der Waals surface area contributed by atoms with Crippen molar-refractivity contribution in [3.8, 4) is 0 Å². The molecule has 2 aliphatic heterocycles. The highest BCUT2D eigenvalue weighted by Crippen LogP contribution is 2.28. The van der Waals surface area contributed by atoms with E-state index in [4.69, 9.17) is 0 Å². The van der Waals surface area contributed by atoms with Gasteiger partial charge in [-0.3, -0.25) is 0 Å². The fraction of sp³-hybridized carbons (Fsp3) is 0.333. The Balaban J connectivity index is 0.000000165. The molecule has 0 radical (unpaired) electrons. The summed E-state index contributed by atoms with van der Waals surface area (Å²) in [5, 5.41) is 9.99. The average Bonchev–Trinajstić information content (AvgIpc) is 2.52. The van der Waals surface area contributed by atoms with E-state index in [1.807, 2.05) is 60.7 Å². The zero-order valence-corrected chi connectivity index (χ0v) is 11.7. The molecular formula is C18H21NO. The Bertz CT molecular complexity index is 468. The van der Waals surface area contributed by atoms with Crippen LogP contribution in [0.1, 0.15) is 30.1 Å². The topological polar surface area (TPSA) is 23.5 Å². The molecule has 0 aliphatic carbocycles. The number of rotatable bonds is 2. The van der Waals surface area contributed by atoms with Crippen molar-refractivity contribution >= 4 is 0 Å². The van der Waals surface area contributed by atoms with Gasteiger partial charge in [-0.2, -0.15) is 0 Å². The number of hydrogen-bond acceptors (Lipinski definition) is 2. The van der Waals surface area contributed by atoms with Crippen LogP contribution in [0.5, 0.6) is 0 Å². The number of aliphatic hydroxyl groups is 1. The first-order valence-electron chi connectivity index (χ1n) is 7.36. The van der Waals surface area contributed by atoms with Gasteiger partial charge < -0.3 is 10.0 Å². The van der Waals surface area contributed by atoms with Gasteiger partial charge in [-0.15, -0.1) is 0 Å². The second-order valence-corrected chi connectivity index (χ2v) is 5.49. The van der Waals surface area contributed by atoms with Crippen LogP contribution in [0.2, 0.25) is 0 Å². The van der Waals surface area contributed by atoms with Crippen LogP contribution in [0.25, 0.3) is 0 Å². The Kier molecular flexibility index (Phi) is 4.14. The molecule has 20 heavy (non-hydrogen) atoms. The third kappa shape index (κ3) is 2.92. The van der Waals surface area contributed by atoms with Gasteiger partial charge in [-0.25, -0.2) is 0 Å². The number of fused-ring (bicyclic) bond motifs is 1. The zero-order valence-electron chi connectivity index (χ0n) is 11.7. The van der Waals surface area contributed by atoms with E-state index in [-0.39, 0.29) is 0 Å². The molecule has 0 bridgehead atoms. The molecule has 2 heterocycles. The second kappa shape index (κ2) is 6.21. The molecule has 2 aromatic carbocycles. The molecule has 2 fully saturated rings. The Labute approximate surface area is 120 Å². The molecule has 0 spiro atoms.